The molecule has 0 spiro atoms. The highest BCUT2D eigenvalue weighted by molar-refractivity contribution is 6.04. The summed E-state index contributed by atoms with van der Waals surface area (Å²) < 4.78 is 42.8. The van der Waals surface area contributed by atoms with E-state index < -0.39 is 6.36 Å². The maximum atomic E-state index is 12.7. The number of ether oxygens (including phenoxy) is 1. The summed E-state index contributed by atoms with van der Waals surface area (Å²) in [5, 5.41) is 7.54. The lowest BCUT2D eigenvalue weighted by atomic mass is 10.1. The molecule has 0 aliphatic heterocycles. The third-order valence-corrected chi connectivity index (χ3v) is 3.74. The van der Waals surface area contributed by atoms with Gasteiger partial charge in [-0.3, -0.25) is 9.89 Å². The number of halogens is 3. The van der Waals surface area contributed by atoms with Crippen LogP contribution in [0.25, 0.3) is 21.8 Å². The second-order valence-corrected chi connectivity index (χ2v) is 5.40. The molecule has 6 nitrogen and oxygen atoms in total. The average Bonchev–Trinajstić information content (AvgIpc) is 2.88. The number of alkyl halides is 3. The van der Waals surface area contributed by atoms with Crippen LogP contribution in [-0.4, -0.2) is 27.7 Å². The molecule has 0 saturated heterocycles. The molecule has 0 atom stereocenters. The molecule has 1 aromatic carbocycles. The Bertz CT molecular complexity index is 959. The van der Waals surface area contributed by atoms with E-state index in [1.54, 1.807) is 6.92 Å². The monoisotopic (exact) mass is 340 g/mol. The Morgan fingerprint density at radius 1 is 1.38 bits per heavy atom. The summed E-state index contributed by atoms with van der Waals surface area (Å²) in [6.07, 6.45) is -4.22. The number of aryl methyl sites for hydroxylation is 2. The second kappa shape index (κ2) is 5.82. The van der Waals surface area contributed by atoms with Gasteiger partial charge in [0.25, 0.3) is 5.56 Å². The Kier molecular flexibility index (Phi) is 3.96. The topological polar surface area (TPSA) is 85.9 Å². The van der Waals surface area contributed by atoms with E-state index >= 15 is 0 Å². The SMILES string of the molecule is Cc1[nH]nc2c1c(=O)n(CCCN)c1ccc(OC(F)(F)F)cc21. The molecule has 128 valence electrons. The Morgan fingerprint density at radius 3 is 2.79 bits per heavy atom. The Balaban J connectivity index is 2.31. The molecule has 3 N–H and O–H groups in total. The molecule has 3 aromatic rings. The van der Waals surface area contributed by atoms with Crippen LogP contribution >= 0.6 is 0 Å². The highest BCUT2D eigenvalue weighted by Crippen LogP contribution is 2.29. The molecule has 24 heavy (non-hydrogen) atoms. The maximum absolute atomic E-state index is 12.7. The second-order valence-electron chi connectivity index (χ2n) is 5.40. The molecule has 0 radical (unpaired) electrons. The van der Waals surface area contributed by atoms with Crippen molar-refractivity contribution in [1.29, 1.82) is 0 Å². The van der Waals surface area contributed by atoms with Crippen molar-refractivity contribution in [3.63, 3.8) is 0 Å². The number of H-pyrrole nitrogens is 1. The smallest absolute Gasteiger partial charge is 0.406 e. The van der Waals surface area contributed by atoms with E-state index in [9.17, 15) is 18.0 Å². The summed E-state index contributed by atoms with van der Waals surface area (Å²) in [7, 11) is 0. The molecule has 3 rings (SSSR count). The summed E-state index contributed by atoms with van der Waals surface area (Å²) in [5.41, 5.74) is 6.63. The van der Waals surface area contributed by atoms with Crippen molar-refractivity contribution < 1.29 is 17.9 Å². The fourth-order valence-corrected chi connectivity index (χ4v) is 2.74. The van der Waals surface area contributed by atoms with Crippen LogP contribution in [0.4, 0.5) is 13.2 Å². The quantitative estimate of drug-likeness (QED) is 0.764. The first-order chi connectivity index (χ1) is 11.3. The number of benzene rings is 1. The standard InChI is InChI=1S/C15H15F3N4O2/c1-8-12-13(21-20-8)10-7-9(24-15(16,17)18)3-4-11(10)22(14(12)23)6-2-5-19/h3-4,7H,2,5-6,19H2,1H3,(H,20,21). The molecule has 0 saturated carbocycles. The predicted octanol–water partition coefficient (Wildman–Crippen LogP) is 2.43. The van der Waals surface area contributed by atoms with Gasteiger partial charge in [-0.2, -0.15) is 5.10 Å². The summed E-state index contributed by atoms with van der Waals surface area (Å²) >= 11 is 0. The first-order valence-corrected chi connectivity index (χ1v) is 7.29. The van der Waals surface area contributed by atoms with Crippen molar-refractivity contribution in [2.24, 2.45) is 5.73 Å². The van der Waals surface area contributed by atoms with Crippen molar-refractivity contribution in [2.75, 3.05) is 6.54 Å². The number of pyridine rings is 1. The van der Waals surface area contributed by atoms with Gasteiger partial charge in [-0.05, 0) is 38.1 Å². The first kappa shape index (κ1) is 16.3. The zero-order valence-corrected chi connectivity index (χ0v) is 12.8. The van der Waals surface area contributed by atoms with Crippen LogP contribution in [0, 0.1) is 6.92 Å². The van der Waals surface area contributed by atoms with E-state index in [-0.39, 0.29) is 11.3 Å². The lowest BCUT2D eigenvalue weighted by Crippen LogP contribution is -2.22. The molecular formula is C15H15F3N4O2. The number of fused-ring (bicyclic) bond motifs is 3. The molecule has 2 heterocycles. The first-order valence-electron chi connectivity index (χ1n) is 7.29. The van der Waals surface area contributed by atoms with Crippen LogP contribution in [0.3, 0.4) is 0 Å². The normalized spacial score (nSPS) is 12.2. The van der Waals surface area contributed by atoms with Crippen molar-refractivity contribution >= 4 is 21.8 Å². The van der Waals surface area contributed by atoms with Gasteiger partial charge in [-0.1, -0.05) is 0 Å². The molecule has 0 fully saturated rings. The third-order valence-electron chi connectivity index (χ3n) is 3.74. The largest absolute Gasteiger partial charge is 0.573 e. The van der Waals surface area contributed by atoms with Gasteiger partial charge >= 0.3 is 6.36 Å². The highest BCUT2D eigenvalue weighted by Gasteiger charge is 2.31. The van der Waals surface area contributed by atoms with E-state index in [0.29, 0.717) is 47.0 Å². The molecule has 0 unspecified atom stereocenters. The Hall–Kier alpha value is -2.55. The number of hydrogen-bond donors (Lipinski definition) is 2. The fraction of sp³-hybridized carbons (Fsp3) is 0.333. The van der Waals surface area contributed by atoms with Crippen LogP contribution in [0.1, 0.15) is 12.1 Å². The lowest BCUT2D eigenvalue weighted by Gasteiger charge is -2.13. The number of hydrogen-bond acceptors (Lipinski definition) is 4. The number of aromatic nitrogens is 3. The van der Waals surface area contributed by atoms with Crippen molar-refractivity contribution in [3.05, 3.63) is 34.2 Å². The van der Waals surface area contributed by atoms with Crippen molar-refractivity contribution in [1.82, 2.24) is 14.8 Å². The van der Waals surface area contributed by atoms with Gasteiger partial charge in [0.1, 0.15) is 11.3 Å². The third kappa shape index (κ3) is 2.82. The number of nitrogens with one attached hydrogen (secondary N) is 1. The Morgan fingerprint density at radius 2 is 2.12 bits per heavy atom. The molecule has 0 amide bonds. The summed E-state index contributed by atoms with van der Waals surface area (Å²) in [5.74, 6) is -0.360. The van der Waals surface area contributed by atoms with Crippen molar-refractivity contribution in [3.8, 4) is 5.75 Å². The van der Waals surface area contributed by atoms with Gasteiger partial charge < -0.3 is 15.0 Å². The van der Waals surface area contributed by atoms with Crippen LogP contribution in [-0.2, 0) is 6.54 Å². The molecule has 0 bridgehead atoms. The van der Waals surface area contributed by atoms with Gasteiger partial charge in [0, 0.05) is 17.6 Å². The number of nitrogens with two attached hydrogens (primary N) is 1. The van der Waals surface area contributed by atoms with Crippen LogP contribution in [0.5, 0.6) is 5.75 Å². The van der Waals surface area contributed by atoms with Gasteiger partial charge in [0.15, 0.2) is 0 Å². The molecule has 9 heteroatoms. The number of aromatic amines is 1. The Labute approximate surface area is 134 Å². The minimum atomic E-state index is -4.79. The minimum absolute atomic E-state index is 0.248. The molecular weight excluding hydrogens is 325 g/mol. The molecule has 0 aliphatic carbocycles. The van der Waals surface area contributed by atoms with Crippen LogP contribution < -0.4 is 16.0 Å². The summed E-state index contributed by atoms with van der Waals surface area (Å²) in [4.78, 5) is 12.7. The number of rotatable bonds is 4. The average molecular weight is 340 g/mol. The van der Waals surface area contributed by atoms with Gasteiger partial charge in [0.05, 0.1) is 10.9 Å². The lowest BCUT2D eigenvalue weighted by molar-refractivity contribution is -0.274. The summed E-state index contributed by atoms with van der Waals surface area (Å²) in [6.45, 7) is 2.45. The zero-order chi connectivity index (χ0) is 17.5. The summed E-state index contributed by atoms with van der Waals surface area (Å²) in [6, 6.07) is 3.85. The minimum Gasteiger partial charge on any atom is -0.406 e. The van der Waals surface area contributed by atoms with Gasteiger partial charge in [0.2, 0.25) is 0 Å². The molecule has 2 aromatic heterocycles. The van der Waals surface area contributed by atoms with Gasteiger partial charge in [-0.15, -0.1) is 13.2 Å². The van der Waals surface area contributed by atoms with E-state index in [0.717, 1.165) is 0 Å². The van der Waals surface area contributed by atoms with E-state index in [1.807, 2.05) is 0 Å². The predicted molar refractivity (Wildman–Crippen MR) is 83.0 cm³/mol. The highest BCUT2D eigenvalue weighted by atomic mass is 19.4. The van der Waals surface area contributed by atoms with E-state index in [4.69, 9.17) is 5.73 Å². The zero-order valence-electron chi connectivity index (χ0n) is 12.8. The van der Waals surface area contributed by atoms with Gasteiger partial charge in [-0.25, -0.2) is 0 Å². The maximum Gasteiger partial charge on any atom is 0.573 e. The van der Waals surface area contributed by atoms with Crippen LogP contribution in [0.15, 0.2) is 23.0 Å². The van der Waals surface area contributed by atoms with Crippen LogP contribution in [0.2, 0.25) is 0 Å². The van der Waals surface area contributed by atoms with Crippen molar-refractivity contribution in [2.45, 2.75) is 26.3 Å². The van der Waals surface area contributed by atoms with E-state index in [1.165, 1.54) is 22.8 Å². The molecule has 0 aliphatic rings. The van der Waals surface area contributed by atoms with E-state index in [2.05, 4.69) is 14.9 Å². The fourth-order valence-electron chi connectivity index (χ4n) is 2.74. The number of nitrogens with zero attached hydrogens (tertiary/aromatic N) is 2.